The number of rotatable bonds is 3. The molecule has 0 bridgehead atoms. The van der Waals surface area contributed by atoms with Crippen molar-refractivity contribution in [1.82, 2.24) is 4.90 Å². The minimum Gasteiger partial charge on any atom is -0.495 e. The van der Waals surface area contributed by atoms with Gasteiger partial charge in [-0.1, -0.05) is 29.8 Å². The van der Waals surface area contributed by atoms with Gasteiger partial charge in [-0.15, -0.1) is 0 Å². The molecule has 2 aliphatic heterocycles. The second kappa shape index (κ2) is 7.10. The average Bonchev–Trinajstić information content (AvgIpc) is 3.08. The molecule has 4 rings (SSSR count). The largest absolute Gasteiger partial charge is 0.495 e. The van der Waals surface area contributed by atoms with Gasteiger partial charge in [0, 0.05) is 38.1 Å². The van der Waals surface area contributed by atoms with E-state index in [9.17, 15) is 0 Å². The van der Waals surface area contributed by atoms with Crippen LogP contribution in [0.3, 0.4) is 0 Å². The quantitative estimate of drug-likeness (QED) is 0.812. The molecule has 0 aliphatic carbocycles. The summed E-state index contributed by atoms with van der Waals surface area (Å²) in [5.41, 5.74) is 4.85. The molecule has 0 saturated carbocycles. The first-order valence-electron chi connectivity index (χ1n) is 8.95. The van der Waals surface area contributed by atoms with Crippen molar-refractivity contribution in [3.05, 3.63) is 57.6 Å². The maximum absolute atomic E-state index is 6.44. The van der Waals surface area contributed by atoms with Crippen LogP contribution in [0.25, 0.3) is 0 Å². The number of likely N-dealkylation sites (N-methyl/N-ethyl adjacent to an activating group) is 1. The monoisotopic (exact) mass is 373 g/mol. The van der Waals surface area contributed by atoms with E-state index in [-0.39, 0.29) is 12.0 Å². The Labute approximate surface area is 159 Å². The summed E-state index contributed by atoms with van der Waals surface area (Å²) in [6, 6.07) is 10.5. The Kier molecular flexibility index (Phi) is 4.82. The van der Waals surface area contributed by atoms with Gasteiger partial charge in [0.2, 0.25) is 0 Å². The van der Waals surface area contributed by atoms with Gasteiger partial charge >= 0.3 is 0 Å². The molecule has 26 heavy (non-hydrogen) atoms. The lowest BCUT2D eigenvalue weighted by Gasteiger charge is -2.24. The van der Waals surface area contributed by atoms with Crippen molar-refractivity contribution in [2.75, 3.05) is 41.0 Å². The van der Waals surface area contributed by atoms with Gasteiger partial charge in [0.05, 0.1) is 24.8 Å². The molecule has 2 aromatic rings. The smallest absolute Gasteiger partial charge is 0.137 e. The predicted molar refractivity (Wildman–Crippen MR) is 103 cm³/mol. The summed E-state index contributed by atoms with van der Waals surface area (Å²) in [7, 11) is 5.54. The van der Waals surface area contributed by atoms with Crippen LogP contribution in [0, 0.1) is 0 Å². The Hall–Kier alpha value is -1.75. The van der Waals surface area contributed by atoms with E-state index in [4.69, 9.17) is 25.8 Å². The van der Waals surface area contributed by atoms with Crippen LogP contribution in [-0.4, -0.2) is 45.9 Å². The lowest BCUT2D eigenvalue weighted by Crippen LogP contribution is -2.26. The highest BCUT2D eigenvalue weighted by Gasteiger charge is 2.32. The van der Waals surface area contributed by atoms with Gasteiger partial charge in [-0.05, 0) is 35.9 Å². The second-order valence-corrected chi connectivity index (χ2v) is 7.45. The molecular formula is C21H24ClNO3. The van der Waals surface area contributed by atoms with Crippen LogP contribution in [0.1, 0.15) is 34.3 Å². The van der Waals surface area contributed by atoms with Crippen LogP contribution in [0.4, 0.5) is 0 Å². The highest BCUT2D eigenvalue weighted by atomic mass is 35.5. The minimum atomic E-state index is -0.0268. The number of nitrogens with zero attached hydrogens (tertiary/aromatic N) is 1. The third kappa shape index (κ3) is 2.96. The molecular weight excluding hydrogens is 350 g/mol. The molecule has 2 unspecified atom stereocenters. The molecule has 0 aromatic heterocycles. The van der Waals surface area contributed by atoms with Gasteiger partial charge < -0.3 is 19.1 Å². The van der Waals surface area contributed by atoms with Crippen molar-refractivity contribution in [3.8, 4) is 11.5 Å². The molecule has 0 N–H and O–H groups in total. The van der Waals surface area contributed by atoms with E-state index >= 15 is 0 Å². The number of halogens is 1. The zero-order valence-corrected chi connectivity index (χ0v) is 16.2. The maximum atomic E-state index is 6.44. The first-order chi connectivity index (χ1) is 12.6. The van der Waals surface area contributed by atoms with E-state index in [1.807, 2.05) is 6.07 Å². The molecule has 0 fully saturated rings. The number of methoxy groups -OCH3 is 2. The molecule has 2 aromatic carbocycles. The molecule has 138 valence electrons. The average molecular weight is 374 g/mol. The molecule has 5 heteroatoms. The first kappa shape index (κ1) is 17.7. The summed E-state index contributed by atoms with van der Waals surface area (Å²) >= 11 is 6.44. The van der Waals surface area contributed by atoms with Gasteiger partial charge in [-0.2, -0.15) is 0 Å². The van der Waals surface area contributed by atoms with Crippen LogP contribution in [0.2, 0.25) is 5.02 Å². The third-order valence-corrected chi connectivity index (χ3v) is 5.75. The van der Waals surface area contributed by atoms with Gasteiger partial charge in [0.15, 0.2) is 0 Å². The van der Waals surface area contributed by atoms with Crippen LogP contribution in [0.5, 0.6) is 11.5 Å². The molecule has 0 amide bonds. The fourth-order valence-electron chi connectivity index (χ4n) is 4.17. The first-order valence-corrected chi connectivity index (χ1v) is 9.33. The normalized spacial score (nSPS) is 22.3. The summed E-state index contributed by atoms with van der Waals surface area (Å²) in [5, 5.41) is 0.617. The van der Waals surface area contributed by atoms with E-state index in [0.29, 0.717) is 10.8 Å². The lowest BCUT2D eigenvalue weighted by atomic mass is 9.86. The Bertz CT molecular complexity index is 823. The maximum Gasteiger partial charge on any atom is 0.137 e. The number of benzene rings is 2. The number of fused-ring (bicyclic) bond motifs is 2. The molecule has 0 radical (unpaired) electrons. The highest BCUT2D eigenvalue weighted by Crippen LogP contribution is 2.44. The van der Waals surface area contributed by atoms with E-state index in [1.165, 1.54) is 16.7 Å². The van der Waals surface area contributed by atoms with Crippen molar-refractivity contribution < 1.29 is 14.2 Å². The van der Waals surface area contributed by atoms with E-state index in [0.717, 1.165) is 37.4 Å². The fraction of sp³-hybridized carbons (Fsp3) is 0.429. The Morgan fingerprint density at radius 1 is 1.12 bits per heavy atom. The van der Waals surface area contributed by atoms with Crippen LogP contribution >= 0.6 is 11.6 Å². The highest BCUT2D eigenvalue weighted by molar-refractivity contribution is 6.32. The van der Waals surface area contributed by atoms with Gasteiger partial charge in [0.1, 0.15) is 11.5 Å². The van der Waals surface area contributed by atoms with Gasteiger partial charge in [-0.3, -0.25) is 0 Å². The summed E-state index contributed by atoms with van der Waals surface area (Å²) in [6.07, 6.45) is 0.949. The lowest BCUT2D eigenvalue weighted by molar-refractivity contribution is 0.0757. The number of para-hydroxylation sites is 1. The van der Waals surface area contributed by atoms with E-state index in [2.05, 4.69) is 36.2 Å². The molecule has 4 nitrogen and oxygen atoms in total. The molecule has 2 heterocycles. The van der Waals surface area contributed by atoms with Crippen molar-refractivity contribution in [2.24, 2.45) is 0 Å². The summed E-state index contributed by atoms with van der Waals surface area (Å²) in [4.78, 5) is 2.31. The van der Waals surface area contributed by atoms with Crippen LogP contribution in [0.15, 0.2) is 30.3 Å². The van der Waals surface area contributed by atoms with Crippen molar-refractivity contribution in [2.45, 2.75) is 18.4 Å². The summed E-state index contributed by atoms with van der Waals surface area (Å²) in [6.45, 7) is 2.46. The Morgan fingerprint density at radius 3 is 2.73 bits per heavy atom. The fourth-order valence-corrected chi connectivity index (χ4v) is 4.42. The topological polar surface area (TPSA) is 30.9 Å². The number of ether oxygens (including phenoxy) is 3. The van der Waals surface area contributed by atoms with Gasteiger partial charge in [-0.25, -0.2) is 0 Å². The predicted octanol–water partition coefficient (Wildman–Crippen LogP) is 4.05. The minimum absolute atomic E-state index is 0.0268. The molecule has 2 aliphatic rings. The third-order valence-electron chi connectivity index (χ3n) is 5.46. The second-order valence-electron chi connectivity index (χ2n) is 7.05. The van der Waals surface area contributed by atoms with Crippen molar-refractivity contribution in [3.63, 3.8) is 0 Å². The summed E-state index contributed by atoms with van der Waals surface area (Å²) in [5.74, 6) is 1.92. The molecule has 0 saturated heterocycles. The Morgan fingerprint density at radius 2 is 1.96 bits per heavy atom. The summed E-state index contributed by atoms with van der Waals surface area (Å²) < 4.78 is 17.3. The SMILES string of the molecule is COc1cc2c(cc1Cl)C(OC)CN(C)CC2c1cccc2c1OCC2. The molecule has 2 atom stereocenters. The van der Waals surface area contributed by atoms with E-state index in [1.54, 1.807) is 14.2 Å². The number of hydrogen-bond acceptors (Lipinski definition) is 4. The number of hydrogen-bond donors (Lipinski definition) is 0. The standard InChI is InChI=1S/C21H24ClNO3/c1-23-11-17(14-6-4-5-13-7-8-26-21(13)14)15-10-19(24-2)18(22)9-16(15)20(12-23)25-3/h4-6,9-10,17,20H,7-8,11-12H2,1-3H3. The van der Waals surface area contributed by atoms with E-state index < -0.39 is 0 Å². The van der Waals surface area contributed by atoms with Gasteiger partial charge in [0.25, 0.3) is 0 Å². The van der Waals surface area contributed by atoms with Crippen molar-refractivity contribution >= 4 is 11.6 Å². The zero-order chi connectivity index (χ0) is 18.3. The van der Waals surface area contributed by atoms with Crippen LogP contribution in [-0.2, 0) is 11.2 Å². The molecule has 0 spiro atoms. The zero-order valence-electron chi connectivity index (χ0n) is 15.4. The van der Waals surface area contributed by atoms with Crippen LogP contribution < -0.4 is 9.47 Å². The Balaban J connectivity index is 1.91. The van der Waals surface area contributed by atoms with Crippen molar-refractivity contribution in [1.29, 1.82) is 0 Å².